The number of rotatable bonds is 6. The molecule has 0 bridgehead atoms. The topological polar surface area (TPSA) is 99.5 Å². The lowest BCUT2D eigenvalue weighted by Crippen LogP contribution is -2.53. The van der Waals surface area contributed by atoms with Gasteiger partial charge in [-0.25, -0.2) is 9.37 Å². The van der Waals surface area contributed by atoms with Gasteiger partial charge in [0, 0.05) is 59.3 Å². The quantitative estimate of drug-likeness (QED) is 0.229. The molecule has 1 aliphatic carbocycles. The van der Waals surface area contributed by atoms with Gasteiger partial charge in [0.25, 0.3) is 5.91 Å². The molecule has 3 aromatic carbocycles. The first-order valence-electron chi connectivity index (χ1n) is 15.8. The van der Waals surface area contributed by atoms with Gasteiger partial charge in [-0.1, -0.05) is 41.4 Å². The number of nitrogens with zero attached hydrogens (tertiary/aromatic N) is 3. The lowest BCUT2D eigenvalue weighted by molar-refractivity contribution is -0.128. The zero-order chi connectivity index (χ0) is 32.1. The average molecular weight is 663 g/mol. The van der Waals surface area contributed by atoms with Gasteiger partial charge in [-0.15, -0.1) is 0 Å². The van der Waals surface area contributed by atoms with E-state index in [-0.39, 0.29) is 35.3 Å². The molecule has 8 nitrogen and oxygen atoms in total. The molecule has 2 fully saturated rings. The average Bonchev–Trinajstić information content (AvgIpc) is 3.60. The van der Waals surface area contributed by atoms with Crippen LogP contribution in [0.1, 0.15) is 72.3 Å². The Morgan fingerprint density at radius 1 is 1.15 bits per heavy atom. The second kappa shape index (κ2) is 10.5. The molecule has 46 heavy (non-hydrogen) atoms. The molecule has 1 aromatic heterocycles. The van der Waals surface area contributed by atoms with Crippen molar-refractivity contribution in [3.05, 3.63) is 93.0 Å². The zero-order valence-electron chi connectivity index (χ0n) is 25.5. The Morgan fingerprint density at radius 2 is 1.96 bits per heavy atom. The molecule has 1 saturated heterocycles. The highest BCUT2D eigenvalue weighted by atomic mass is 35.5. The van der Waals surface area contributed by atoms with E-state index in [2.05, 4.69) is 20.1 Å². The molecule has 4 atom stereocenters. The van der Waals surface area contributed by atoms with E-state index in [0.29, 0.717) is 46.4 Å². The van der Waals surface area contributed by atoms with Gasteiger partial charge in [-0.2, -0.15) is 0 Å². The number of carbonyl (C=O) groups excluding carboxylic acids is 2. The molecule has 11 heteroatoms. The van der Waals surface area contributed by atoms with Gasteiger partial charge in [0.05, 0.1) is 21.7 Å². The van der Waals surface area contributed by atoms with Crippen molar-refractivity contribution in [2.45, 2.75) is 68.7 Å². The van der Waals surface area contributed by atoms with E-state index in [4.69, 9.17) is 28.2 Å². The summed E-state index contributed by atoms with van der Waals surface area (Å²) in [5.74, 6) is -0.823. The summed E-state index contributed by atoms with van der Waals surface area (Å²) in [4.78, 5) is 35.1. The Labute approximate surface area is 275 Å². The first kappa shape index (κ1) is 29.9. The van der Waals surface area contributed by atoms with Crippen LogP contribution < -0.4 is 10.6 Å². The van der Waals surface area contributed by atoms with Crippen LogP contribution in [0.3, 0.4) is 0 Å². The maximum absolute atomic E-state index is 16.3. The van der Waals surface area contributed by atoms with E-state index in [1.54, 1.807) is 50.2 Å². The summed E-state index contributed by atoms with van der Waals surface area (Å²) in [6, 6.07) is 15.8. The molecule has 1 saturated carbocycles. The molecule has 0 unspecified atom stereocenters. The third-order valence-electron chi connectivity index (χ3n) is 10.2. The monoisotopic (exact) mass is 661 g/mol. The second-order valence-corrected chi connectivity index (χ2v) is 14.7. The molecule has 1 spiro atoms. The highest BCUT2D eigenvalue weighted by molar-refractivity contribution is 6.31. The van der Waals surface area contributed by atoms with Crippen molar-refractivity contribution in [2.24, 2.45) is 5.92 Å². The van der Waals surface area contributed by atoms with Crippen molar-refractivity contribution in [1.29, 1.82) is 0 Å². The number of likely N-dealkylation sites (tertiary alicyclic amines) is 1. The van der Waals surface area contributed by atoms with Gasteiger partial charge >= 0.3 is 0 Å². The van der Waals surface area contributed by atoms with E-state index >= 15 is 4.39 Å². The molecule has 3 aliphatic heterocycles. The van der Waals surface area contributed by atoms with Crippen molar-refractivity contribution in [3.8, 4) is 0 Å². The van der Waals surface area contributed by atoms with Crippen LogP contribution in [0.2, 0.25) is 10.0 Å². The van der Waals surface area contributed by atoms with Gasteiger partial charge in [-0.3, -0.25) is 14.5 Å². The van der Waals surface area contributed by atoms with Crippen LogP contribution in [-0.4, -0.2) is 56.1 Å². The van der Waals surface area contributed by atoms with Crippen LogP contribution in [-0.2, 0) is 16.9 Å². The minimum Gasteiger partial charge on any atom is -0.389 e. The van der Waals surface area contributed by atoms with Gasteiger partial charge < -0.3 is 20.3 Å². The van der Waals surface area contributed by atoms with Gasteiger partial charge in [-0.05, 0) is 81.0 Å². The normalized spacial score (nSPS) is 25.4. The number of anilines is 1. The van der Waals surface area contributed by atoms with E-state index in [0.717, 1.165) is 36.2 Å². The molecule has 3 N–H and O–H groups in total. The summed E-state index contributed by atoms with van der Waals surface area (Å²) >= 11 is 12.8. The summed E-state index contributed by atoms with van der Waals surface area (Å²) in [5, 5.41) is 16.5. The van der Waals surface area contributed by atoms with E-state index < -0.39 is 22.9 Å². The number of carbonyl (C=O) groups is 2. The van der Waals surface area contributed by atoms with Crippen LogP contribution in [0.15, 0.2) is 54.6 Å². The number of amides is 2. The molecular formula is C35H34Cl2FN5O3. The highest BCUT2D eigenvalue weighted by Gasteiger charge is 2.69. The van der Waals surface area contributed by atoms with Gasteiger partial charge in [0.1, 0.15) is 17.2 Å². The van der Waals surface area contributed by atoms with Crippen LogP contribution in [0.5, 0.6) is 0 Å². The molecular weight excluding hydrogens is 628 g/mol. The molecule has 238 valence electrons. The predicted molar refractivity (Wildman–Crippen MR) is 175 cm³/mol. The summed E-state index contributed by atoms with van der Waals surface area (Å²) in [6.07, 6.45) is 2.92. The Bertz CT molecular complexity index is 1940. The predicted octanol–water partition coefficient (Wildman–Crippen LogP) is 6.20. The zero-order valence-corrected chi connectivity index (χ0v) is 27.0. The van der Waals surface area contributed by atoms with Gasteiger partial charge in [0.15, 0.2) is 0 Å². The first-order valence-corrected chi connectivity index (χ1v) is 16.6. The van der Waals surface area contributed by atoms with E-state index in [9.17, 15) is 14.7 Å². The number of aliphatic hydroxyl groups is 1. The van der Waals surface area contributed by atoms with Crippen LogP contribution in [0.25, 0.3) is 11.0 Å². The molecule has 4 aromatic rings. The number of fused-ring (bicyclic) bond motifs is 7. The number of benzene rings is 3. The minimum absolute atomic E-state index is 0.00519. The third kappa shape index (κ3) is 4.50. The Kier molecular flexibility index (Phi) is 6.82. The number of aromatic nitrogens is 2. The number of aryl methyl sites for hydroxylation is 1. The summed E-state index contributed by atoms with van der Waals surface area (Å²) in [6.45, 7) is 4.74. The molecule has 0 radical (unpaired) electrons. The molecule has 8 rings (SSSR count). The maximum atomic E-state index is 16.3. The van der Waals surface area contributed by atoms with Crippen LogP contribution in [0.4, 0.5) is 10.1 Å². The Morgan fingerprint density at radius 3 is 2.72 bits per heavy atom. The fraction of sp³-hybridized carbons (Fsp3) is 0.400. The summed E-state index contributed by atoms with van der Waals surface area (Å²) < 4.78 is 18.5. The Hall–Kier alpha value is -3.50. The standard InChI is InChI=1S/C35H34Cl2FN5O3/c1-34(2,46)17-39-32(44)19-8-11-26-25(14-19)40-31-28-27(12-13-42(26)31)43(16-18-6-7-18)35(29(28)21-4-3-5-23(37)30(21)38)22-10-9-20(36)15-24(22)41-33(35)45/h3-5,8-11,14-15,18,27-29,46H,6-7,12-13,16-17H2,1-2H3,(H,39,44)(H,41,45)/t27-,28+,29-,35+/m0/s1. The van der Waals surface area contributed by atoms with Crippen LogP contribution in [0, 0.1) is 11.7 Å². The summed E-state index contributed by atoms with van der Waals surface area (Å²) in [5.41, 5.74) is 1.50. The Balaban J connectivity index is 1.33. The van der Waals surface area contributed by atoms with E-state index in [1.165, 1.54) is 6.07 Å². The number of nitrogens with one attached hydrogen (secondary N) is 2. The fourth-order valence-corrected chi connectivity index (χ4v) is 8.49. The van der Waals surface area contributed by atoms with Gasteiger partial charge in [0.2, 0.25) is 5.91 Å². The lowest BCUT2D eigenvalue weighted by atomic mass is 9.70. The lowest BCUT2D eigenvalue weighted by Gasteiger charge is -2.40. The second-order valence-electron chi connectivity index (χ2n) is 13.8. The number of hydrogen-bond acceptors (Lipinski definition) is 5. The van der Waals surface area contributed by atoms with E-state index in [1.807, 2.05) is 12.1 Å². The largest absolute Gasteiger partial charge is 0.389 e. The smallest absolute Gasteiger partial charge is 0.251 e. The maximum Gasteiger partial charge on any atom is 0.251 e. The number of hydrogen-bond donors (Lipinski definition) is 3. The number of halogens is 3. The third-order valence-corrected chi connectivity index (χ3v) is 10.7. The molecule has 2 amide bonds. The molecule has 4 heterocycles. The highest BCUT2D eigenvalue weighted by Crippen LogP contribution is 2.64. The van der Waals surface area contributed by atoms with Crippen LogP contribution >= 0.6 is 23.2 Å². The molecule has 4 aliphatic rings. The van der Waals surface area contributed by atoms with Crippen molar-refractivity contribution in [2.75, 3.05) is 18.4 Å². The first-order chi connectivity index (χ1) is 22.0. The van der Waals surface area contributed by atoms with Crippen molar-refractivity contribution in [1.82, 2.24) is 19.8 Å². The van der Waals surface area contributed by atoms with Crippen molar-refractivity contribution >= 4 is 51.7 Å². The number of imidazole rings is 1. The van der Waals surface area contributed by atoms with Crippen molar-refractivity contribution in [3.63, 3.8) is 0 Å². The summed E-state index contributed by atoms with van der Waals surface area (Å²) in [7, 11) is 0. The minimum atomic E-state index is -1.21. The fourth-order valence-electron chi connectivity index (χ4n) is 8.13. The van der Waals surface area contributed by atoms with Crippen molar-refractivity contribution < 1.29 is 19.1 Å². The SMILES string of the molecule is CC(C)(O)CNC(=O)c1ccc2c(c1)nc1n2CC[C@H]2[C@@H]1[C@H](c1cccc(Cl)c1F)[C@]1(C(=O)Nc3cc(Cl)ccc31)N2CC1CC1.